The van der Waals surface area contributed by atoms with Crippen LogP contribution in [0.4, 0.5) is 0 Å². The molecular weight excluding hydrogens is 470 g/mol. The minimum absolute atomic E-state index is 0.0252. The van der Waals surface area contributed by atoms with Crippen molar-refractivity contribution in [3.8, 4) is 0 Å². The van der Waals surface area contributed by atoms with Crippen molar-refractivity contribution in [1.29, 1.82) is 0 Å². The Kier molecular flexibility index (Phi) is 9.01. The van der Waals surface area contributed by atoms with Crippen LogP contribution >= 0.6 is 0 Å². The number of fused-ring (bicyclic) bond motifs is 1. The summed E-state index contributed by atoms with van der Waals surface area (Å²) in [6.45, 7) is 2.05. The molecule has 1 aliphatic rings. The van der Waals surface area contributed by atoms with Gasteiger partial charge < -0.3 is 36.5 Å². The minimum Gasteiger partial charge on any atom is -0.481 e. The third kappa shape index (κ3) is 7.04. The Morgan fingerprint density at radius 2 is 1.78 bits per heavy atom. The van der Waals surface area contributed by atoms with Gasteiger partial charge in [-0.2, -0.15) is 0 Å². The number of aliphatic carboxylic acids is 2. The fourth-order valence-electron chi connectivity index (χ4n) is 4.11. The molecular formula is C24H31N5O7. The van der Waals surface area contributed by atoms with Gasteiger partial charge in [0.05, 0.1) is 6.04 Å². The molecule has 0 saturated carbocycles. The molecule has 12 nitrogen and oxygen atoms in total. The van der Waals surface area contributed by atoms with Gasteiger partial charge >= 0.3 is 11.9 Å². The van der Waals surface area contributed by atoms with Crippen LogP contribution in [0, 0.1) is 0 Å². The number of hydrogen-bond donors (Lipinski definition) is 7. The van der Waals surface area contributed by atoms with Crippen molar-refractivity contribution in [1.82, 2.24) is 26.3 Å². The van der Waals surface area contributed by atoms with Crippen molar-refractivity contribution < 1.29 is 34.2 Å². The number of carboxylic acid groups (broad SMARTS) is 2. The molecule has 36 heavy (non-hydrogen) atoms. The van der Waals surface area contributed by atoms with Gasteiger partial charge in [-0.1, -0.05) is 18.2 Å². The van der Waals surface area contributed by atoms with Gasteiger partial charge in [-0.25, -0.2) is 4.79 Å². The molecule has 2 aromatic rings. The monoisotopic (exact) mass is 501 g/mol. The molecule has 1 aromatic heterocycles. The van der Waals surface area contributed by atoms with Crippen LogP contribution in [-0.4, -0.2) is 75.6 Å². The van der Waals surface area contributed by atoms with Crippen LogP contribution in [-0.2, 0) is 30.4 Å². The SMILES string of the molecule is CC(NC(=O)C(CCC(=O)O)NC(=O)C1CCCN1)C(=O)NC(Cc1c[nH]c2ccccc12)C(=O)O. The lowest BCUT2D eigenvalue weighted by Crippen LogP contribution is -2.56. The maximum atomic E-state index is 12.8. The number of aromatic amines is 1. The zero-order valence-electron chi connectivity index (χ0n) is 19.9. The summed E-state index contributed by atoms with van der Waals surface area (Å²) < 4.78 is 0. The van der Waals surface area contributed by atoms with Crippen LogP contribution in [0.3, 0.4) is 0 Å². The first-order chi connectivity index (χ1) is 17.2. The van der Waals surface area contributed by atoms with Crippen molar-refractivity contribution in [2.45, 2.75) is 63.2 Å². The van der Waals surface area contributed by atoms with Crippen LogP contribution in [0.25, 0.3) is 10.9 Å². The van der Waals surface area contributed by atoms with Crippen LogP contribution in [0.15, 0.2) is 30.5 Å². The minimum atomic E-state index is -1.24. The van der Waals surface area contributed by atoms with E-state index in [9.17, 15) is 29.1 Å². The van der Waals surface area contributed by atoms with Crippen molar-refractivity contribution in [3.05, 3.63) is 36.0 Å². The number of aromatic nitrogens is 1. The molecule has 1 fully saturated rings. The zero-order chi connectivity index (χ0) is 26.2. The lowest BCUT2D eigenvalue weighted by Gasteiger charge is -2.23. The van der Waals surface area contributed by atoms with Crippen LogP contribution < -0.4 is 21.3 Å². The second-order valence-electron chi connectivity index (χ2n) is 8.84. The number of H-pyrrole nitrogens is 1. The fourth-order valence-corrected chi connectivity index (χ4v) is 4.11. The Morgan fingerprint density at radius 1 is 1.03 bits per heavy atom. The molecule has 1 saturated heterocycles. The van der Waals surface area contributed by atoms with E-state index in [4.69, 9.17) is 5.11 Å². The Morgan fingerprint density at radius 3 is 2.44 bits per heavy atom. The molecule has 3 rings (SSSR count). The van der Waals surface area contributed by atoms with Crippen LogP contribution in [0.1, 0.15) is 38.2 Å². The first-order valence-corrected chi connectivity index (χ1v) is 11.8. The third-order valence-corrected chi connectivity index (χ3v) is 6.12. The van der Waals surface area contributed by atoms with Gasteiger partial charge in [-0.3, -0.25) is 19.2 Å². The fraction of sp³-hybridized carbons (Fsp3) is 0.458. The molecule has 194 valence electrons. The van der Waals surface area contributed by atoms with Gasteiger partial charge in [0.25, 0.3) is 0 Å². The Labute approximate surface area is 207 Å². The number of para-hydroxylation sites is 1. The van der Waals surface area contributed by atoms with Gasteiger partial charge in [0.15, 0.2) is 0 Å². The van der Waals surface area contributed by atoms with Crippen molar-refractivity contribution >= 4 is 40.6 Å². The lowest BCUT2D eigenvalue weighted by atomic mass is 10.0. The summed E-state index contributed by atoms with van der Waals surface area (Å²) in [6.07, 6.45) is 2.61. The number of carboxylic acids is 2. The van der Waals surface area contributed by atoms with E-state index >= 15 is 0 Å². The smallest absolute Gasteiger partial charge is 0.326 e. The topological polar surface area (TPSA) is 190 Å². The molecule has 0 aliphatic carbocycles. The van der Waals surface area contributed by atoms with E-state index in [1.165, 1.54) is 6.92 Å². The molecule has 4 unspecified atom stereocenters. The van der Waals surface area contributed by atoms with Gasteiger partial charge in [-0.05, 0) is 44.4 Å². The van der Waals surface area contributed by atoms with Gasteiger partial charge in [0.1, 0.15) is 18.1 Å². The Balaban J connectivity index is 1.61. The van der Waals surface area contributed by atoms with Gasteiger partial charge in [0.2, 0.25) is 17.7 Å². The van der Waals surface area contributed by atoms with E-state index < -0.39 is 53.8 Å². The van der Waals surface area contributed by atoms with Gasteiger partial charge in [0, 0.05) is 29.9 Å². The van der Waals surface area contributed by atoms with E-state index in [0.29, 0.717) is 18.5 Å². The predicted molar refractivity (Wildman–Crippen MR) is 129 cm³/mol. The number of nitrogens with one attached hydrogen (secondary N) is 5. The average Bonchev–Trinajstić information content (AvgIpc) is 3.51. The number of amides is 3. The number of carbonyl (C=O) groups is 5. The van der Waals surface area contributed by atoms with Gasteiger partial charge in [-0.15, -0.1) is 0 Å². The lowest BCUT2D eigenvalue weighted by molar-refractivity contribution is -0.142. The summed E-state index contributed by atoms with van der Waals surface area (Å²) >= 11 is 0. The Hall–Kier alpha value is -3.93. The third-order valence-electron chi connectivity index (χ3n) is 6.12. The standard InChI is InChI=1S/C24H31N5O7/c1-13(27-23(34)18(8-9-20(30)31)28-22(33)17-7-4-10-25-17)21(32)29-19(24(35)36)11-14-12-26-16-6-3-2-5-15(14)16/h2-3,5-6,12-13,17-19,25-26H,4,7-11H2,1H3,(H,27,34)(H,28,33)(H,29,32)(H,30,31)(H,35,36). The molecule has 2 heterocycles. The van der Waals surface area contributed by atoms with Crippen molar-refractivity contribution in [3.63, 3.8) is 0 Å². The van der Waals surface area contributed by atoms with E-state index in [1.54, 1.807) is 6.20 Å². The largest absolute Gasteiger partial charge is 0.481 e. The molecule has 12 heteroatoms. The summed E-state index contributed by atoms with van der Waals surface area (Å²) in [5.74, 6) is -4.24. The highest BCUT2D eigenvalue weighted by Gasteiger charge is 2.30. The average molecular weight is 502 g/mol. The van der Waals surface area contributed by atoms with E-state index in [1.807, 2.05) is 24.3 Å². The van der Waals surface area contributed by atoms with E-state index in [2.05, 4.69) is 26.3 Å². The first kappa shape index (κ1) is 26.7. The summed E-state index contributed by atoms with van der Waals surface area (Å²) in [5.41, 5.74) is 1.55. The maximum Gasteiger partial charge on any atom is 0.326 e. The Bertz CT molecular complexity index is 1130. The van der Waals surface area contributed by atoms with Crippen molar-refractivity contribution in [2.75, 3.05) is 6.54 Å². The number of hydrogen-bond acceptors (Lipinski definition) is 6. The zero-order valence-corrected chi connectivity index (χ0v) is 19.9. The number of benzene rings is 1. The van der Waals surface area contributed by atoms with Crippen LogP contribution in [0.5, 0.6) is 0 Å². The highest BCUT2D eigenvalue weighted by molar-refractivity contribution is 5.94. The molecule has 0 radical (unpaired) electrons. The van der Waals surface area contributed by atoms with E-state index in [0.717, 1.165) is 17.3 Å². The quantitative estimate of drug-likeness (QED) is 0.209. The summed E-state index contributed by atoms with van der Waals surface area (Å²) in [7, 11) is 0. The summed E-state index contributed by atoms with van der Waals surface area (Å²) in [5, 5.41) is 29.9. The second kappa shape index (κ2) is 12.2. The highest BCUT2D eigenvalue weighted by atomic mass is 16.4. The number of rotatable bonds is 12. The molecule has 0 bridgehead atoms. The highest BCUT2D eigenvalue weighted by Crippen LogP contribution is 2.19. The molecule has 1 aliphatic heterocycles. The maximum absolute atomic E-state index is 12.8. The number of carbonyl (C=O) groups excluding carboxylic acids is 3. The van der Waals surface area contributed by atoms with E-state index in [-0.39, 0.29) is 19.3 Å². The molecule has 4 atom stereocenters. The normalized spacial score (nSPS) is 17.6. The molecule has 3 amide bonds. The molecule has 7 N–H and O–H groups in total. The van der Waals surface area contributed by atoms with Crippen molar-refractivity contribution in [2.24, 2.45) is 0 Å². The summed E-state index contributed by atoms with van der Waals surface area (Å²) in [6, 6.07) is 3.38. The second-order valence-corrected chi connectivity index (χ2v) is 8.84. The van der Waals surface area contributed by atoms with Crippen LogP contribution in [0.2, 0.25) is 0 Å². The first-order valence-electron chi connectivity index (χ1n) is 11.8. The predicted octanol–water partition coefficient (Wildman–Crippen LogP) is -0.114. The molecule has 1 aromatic carbocycles. The molecule has 0 spiro atoms. The summed E-state index contributed by atoms with van der Waals surface area (Å²) in [4.78, 5) is 63.9.